The minimum absolute atomic E-state index is 0.678. The molecule has 0 unspecified atom stereocenters. The number of nitrogens with zero attached hydrogens (tertiary/aromatic N) is 5. The van der Waals surface area contributed by atoms with Gasteiger partial charge < -0.3 is 15.1 Å². The summed E-state index contributed by atoms with van der Waals surface area (Å²) < 4.78 is 0. The zero-order valence-corrected chi connectivity index (χ0v) is 16.4. The predicted molar refractivity (Wildman–Crippen MR) is 109 cm³/mol. The molecule has 4 rings (SSSR count). The molecule has 0 spiro atoms. The largest absolute Gasteiger partial charge is 0.354 e. The van der Waals surface area contributed by atoms with Crippen LogP contribution in [-0.4, -0.2) is 64.9 Å². The third-order valence-corrected chi connectivity index (χ3v) is 5.86. The lowest BCUT2D eigenvalue weighted by atomic mass is 9.98. The van der Waals surface area contributed by atoms with E-state index in [0.717, 1.165) is 42.6 Å². The number of rotatable bonds is 6. The summed E-state index contributed by atoms with van der Waals surface area (Å²) in [6.45, 7) is 10.3. The van der Waals surface area contributed by atoms with E-state index in [1.165, 1.54) is 25.9 Å². The number of anilines is 1. The van der Waals surface area contributed by atoms with Crippen LogP contribution < -0.4 is 10.2 Å². The minimum atomic E-state index is 0.678. The number of piperidine rings is 1. The Bertz CT molecular complexity index is 703. The first-order valence-corrected chi connectivity index (χ1v) is 10.2. The topological polar surface area (TPSA) is 57.2 Å². The summed E-state index contributed by atoms with van der Waals surface area (Å²) in [6.07, 6.45) is 6.11. The van der Waals surface area contributed by atoms with Gasteiger partial charge in [-0.05, 0) is 64.0 Å². The van der Waals surface area contributed by atoms with Crippen LogP contribution in [0.5, 0.6) is 0 Å². The van der Waals surface area contributed by atoms with Crippen LogP contribution in [0, 0.1) is 5.92 Å². The average Bonchev–Trinajstić information content (AvgIpc) is 2.68. The molecule has 0 radical (unpaired) electrons. The van der Waals surface area contributed by atoms with Crippen molar-refractivity contribution in [3.8, 4) is 11.3 Å². The van der Waals surface area contributed by atoms with Gasteiger partial charge in [0.15, 0.2) is 5.82 Å². The summed E-state index contributed by atoms with van der Waals surface area (Å²) >= 11 is 0. The van der Waals surface area contributed by atoms with Crippen molar-refractivity contribution in [1.82, 2.24) is 25.4 Å². The van der Waals surface area contributed by atoms with Crippen LogP contribution in [0.1, 0.15) is 26.7 Å². The number of hydrogen-bond acceptors (Lipinski definition) is 6. The van der Waals surface area contributed by atoms with E-state index in [1.807, 2.05) is 18.2 Å². The van der Waals surface area contributed by atoms with Gasteiger partial charge in [0.25, 0.3) is 0 Å². The molecule has 0 atom stereocenters. The first-order chi connectivity index (χ1) is 13.2. The summed E-state index contributed by atoms with van der Waals surface area (Å²) in [4.78, 5) is 8.94. The van der Waals surface area contributed by atoms with E-state index in [9.17, 15) is 0 Å². The Morgan fingerprint density at radius 1 is 1.04 bits per heavy atom. The third-order valence-electron chi connectivity index (χ3n) is 5.86. The van der Waals surface area contributed by atoms with E-state index >= 15 is 0 Å². The van der Waals surface area contributed by atoms with Crippen LogP contribution >= 0.6 is 0 Å². The molecule has 2 aromatic heterocycles. The quantitative estimate of drug-likeness (QED) is 0.847. The van der Waals surface area contributed by atoms with Crippen LogP contribution in [0.15, 0.2) is 36.7 Å². The SMILES string of the molecule is CC(C)N1CCC(NCC2CN(c3ccc(-c4ccncc4)nn3)C2)CC1. The molecule has 2 aliphatic heterocycles. The highest BCUT2D eigenvalue weighted by Gasteiger charge is 2.29. The maximum absolute atomic E-state index is 4.42. The molecule has 0 aromatic carbocycles. The molecule has 27 heavy (non-hydrogen) atoms. The lowest BCUT2D eigenvalue weighted by Gasteiger charge is -2.41. The molecule has 0 aliphatic carbocycles. The van der Waals surface area contributed by atoms with Gasteiger partial charge in [0, 0.05) is 55.6 Å². The highest BCUT2D eigenvalue weighted by Crippen LogP contribution is 2.24. The monoisotopic (exact) mass is 366 g/mol. The highest BCUT2D eigenvalue weighted by molar-refractivity contribution is 5.59. The van der Waals surface area contributed by atoms with Crippen molar-refractivity contribution in [2.24, 2.45) is 5.92 Å². The molecule has 2 aromatic rings. The molecular weight excluding hydrogens is 336 g/mol. The summed E-state index contributed by atoms with van der Waals surface area (Å²) in [6, 6.07) is 9.41. The van der Waals surface area contributed by atoms with Crippen molar-refractivity contribution in [1.29, 1.82) is 0 Å². The molecule has 2 aliphatic rings. The van der Waals surface area contributed by atoms with Crippen LogP contribution in [0.25, 0.3) is 11.3 Å². The number of nitrogens with one attached hydrogen (secondary N) is 1. The van der Waals surface area contributed by atoms with E-state index in [0.29, 0.717) is 12.1 Å². The average molecular weight is 367 g/mol. The molecule has 144 valence electrons. The number of pyridine rings is 1. The Hall–Kier alpha value is -2.05. The molecule has 6 nitrogen and oxygen atoms in total. The molecular formula is C21H30N6. The standard InChI is InChI=1S/C21H30N6/c1-16(2)26-11-7-19(8-12-26)23-13-17-14-27(15-17)21-4-3-20(24-25-21)18-5-9-22-10-6-18/h3-6,9-10,16-17,19,23H,7-8,11-15H2,1-2H3. The summed E-state index contributed by atoms with van der Waals surface area (Å²) in [5.74, 6) is 1.70. The fourth-order valence-corrected chi connectivity index (χ4v) is 4.01. The van der Waals surface area contributed by atoms with E-state index < -0.39 is 0 Å². The van der Waals surface area contributed by atoms with Crippen LogP contribution in [0.2, 0.25) is 0 Å². The highest BCUT2D eigenvalue weighted by atomic mass is 15.3. The van der Waals surface area contributed by atoms with E-state index in [1.54, 1.807) is 12.4 Å². The molecule has 2 fully saturated rings. The van der Waals surface area contributed by atoms with Gasteiger partial charge in [-0.1, -0.05) is 0 Å². The van der Waals surface area contributed by atoms with Crippen LogP contribution in [-0.2, 0) is 0 Å². The Kier molecular flexibility index (Phi) is 5.64. The van der Waals surface area contributed by atoms with Crippen molar-refractivity contribution >= 4 is 5.82 Å². The Morgan fingerprint density at radius 2 is 1.78 bits per heavy atom. The van der Waals surface area contributed by atoms with Crippen molar-refractivity contribution in [2.45, 2.75) is 38.8 Å². The second-order valence-corrected chi connectivity index (χ2v) is 8.10. The number of hydrogen-bond donors (Lipinski definition) is 1. The molecule has 0 bridgehead atoms. The summed E-state index contributed by atoms with van der Waals surface area (Å²) in [5.41, 5.74) is 1.95. The molecule has 1 N–H and O–H groups in total. The fourth-order valence-electron chi connectivity index (χ4n) is 4.01. The first kappa shape index (κ1) is 18.3. The van der Waals surface area contributed by atoms with Crippen molar-refractivity contribution < 1.29 is 0 Å². The normalized spacial score (nSPS) is 19.4. The lowest BCUT2D eigenvalue weighted by molar-refractivity contribution is 0.158. The zero-order chi connectivity index (χ0) is 18.6. The van der Waals surface area contributed by atoms with E-state index in [-0.39, 0.29) is 0 Å². The first-order valence-electron chi connectivity index (χ1n) is 10.2. The van der Waals surface area contributed by atoms with Crippen molar-refractivity contribution in [3.63, 3.8) is 0 Å². The second-order valence-electron chi connectivity index (χ2n) is 8.10. The van der Waals surface area contributed by atoms with Gasteiger partial charge in [0.1, 0.15) is 0 Å². The molecule has 4 heterocycles. The number of aromatic nitrogens is 3. The van der Waals surface area contributed by atoms with Crippen molar-refractivity contribution in [2.75, 3.05) is 37.6 Å². The van der Waals surface area contributed by atoms with Gasteiger partial charge in [-0.25, -0.2) is 0 Å². The van der Waals surface area contributed by atoms with Gasteiger partial charge in [0.2, 0.25) is 0 Å². The van der Waals surface area contributed by atoms with Crippen molar-refractivity contribution in [3.05, 3.63) is 36.7 Å². The Balaban J connectivity index is 1.20. The van der Waals surface area contributed by atoms with E-state index in [4.69, 9.17) is 0 Å². The molecule has 0 amide bonds. The van der Waals surface area contributed by atoms with Gasteiger partial charge in [-0.15, -0.1) is 10.2 Å². The smallest absolute Gasteiger partial charge is 0.151 e. The number of likely N-dealkylation sites (tertiary alicyclic amines) is 1. The summed E-state index contributed by atoms with van der Waals surface area (Å²) in [7, 11) is 0. The fraction of sp³-hybridized carbons (Fsp3) is 0.571. The van der Waals surface area contributed by atoms with Gasteiger partial charge in [-0.3, -0.25) is 4.98 Å². The second kappa shape index (κ2) is 8.31. The molecule has 2 saturated heterocycles. The summed E-state index contributed by atoms with van der Waals surface area (Å²) in [5, 5.41) is 12.6. The lowest BCUT2D eigenvalue weighted by Crippen LogP contribution is -2.53. The van der Waals surface area contributed by atoms with Gasteiger partial charge >= 0.3 is 0 Å². The van der Waals surface area contributed by atoms with Gasteiger partial charge in [0.05, 0.1) is 5.69 Å². The minimum Gasteiger partial charge on any atom is -0.354 e. The van der Waals surface area contributed by atoms with Gasteiger partial charge in [-0.2, -0.15) is 0 Å². The Morgan fingerprint density at radius 3 is 2.41 bits per heavy atom. The predicted octanol–water partition coefficient (Wildman–Crippen LogP) is 2.44. The molecule has 6 heteroatoms. The maximum atomic E-state index is 4.42. The molecule has 0 saturated carbocycles. The van der Waals surface area contributed by atoms with Crippen LogP contribution in [0.3, 0.4) is 0 Å². The van der Waals surface area contributed by atoms with E-state index in [2.05, 4.69) is 50.2 Å². The third kappa shape index (κ3) is 4.45. The maximum Gasteiger partial charge on any atom is 0.151 e. The Labute approximate surface area is 162 Å². The zero-order valence-electron chi connectivity index (χ0n) is 16.4. The van der Waals surface area contributed by atoms with Crippen LogP contribution in [0.4, 0.5) is 5.82 Å².